The molecule has 0 spiro atoms. The highest BCUT2D eigenvalue weighted by Gasteiger charge is 2.42. The van der Waals surface area contributed by atoms with Crippen molar-refractivity contribution in [2.45, 2.75) is 25.7 Å². The van der Waals surface area contributed by atoms with Crippen molar-refractivity contribution in [2.75, 3.05) is 5.32 Å². The molecule has 0 heterocycles. The molecule has 3 heteroatoms. The Morgan fingerprint density at radius 3 is 2.53 bits per heavy atom. The minimum Gasteiger partial charge on any atom is -0.326 e. The summed E-state index contributed by atoms with van der Waals surface area (Å²) in [5, 5.41) is 3.04. The highest BCUT2D eigenvalue weighted by Crippen LogP contribution is 2.48. The molecule has 1 N–H and O–H groups in total. The molecule has 3 rings (SSSR count). The number of hydrogen-bond donors (Lipinski definition) is 1. The van der Waals surface area contributed by atoms with Crippen LogP contribution < -0.4 is 5.32 Å². The van der Waals surface area contributed by atoms with E-state index >= 15 is 0 Å². The fraction of sp³-hybridized carbons (Fsp3) is 0.500. The minimum absolute atomic E-state index is 0.222. The lowest BCUT2D eigenvalue weighted by atomic mass is 9.88. The standard InChI is InChI=1S/C14H16BrNO/c15-11-3-5-12(6-4-11)16-14(17)13-8-9-1-2-10(13)7-9/h3-6,9-10,13H,1-2,7-8H2,(H,16,17)/t9-,10-,13-/m0/s1. The molecule has 2 bridgehead atoms. The normalized spacial score (nSPS) is 30.5. The quantitative estimate of drug-likeness (QED) is 0.882. The average molecular weight is 294 g/mol. The summed E-state index contributed by atoms with van der Waals surface area (Å²) < 4.78 is 1.04. The maximum absolute atomic E-state index is 12.2. The fourth-order valence-electron chi connectivity index (χ4n) is 3.33. The second-order valence-electron chi connectivity index (χ2n) is 5.28. The van der Waals surface area contributed by atoms with Crippen LogP contribution in [0.2, 0.25) is 0 Å². The third kappa shape index (κ3) is 2.25. The van der Waals surface area contributed by atoms with Crippen molar-refractivity contribution >= 4 is 27.5 Å². The molecule has 3 atom stereocenters. The summed E-state index contributed by atoms with van der Waals surface area (Å²) in [5.74, 6) is 1.95. The van der Waals surface area contributed by atoms with Crippen molar-refractivity contribution < 1.29 is 4.79 Å². The van der Waals surface area contributed by atoms with Crippen LogP contribution >= 0.6 is 15.9 Å². The largest absolute Gasteiger partial charge is 0.326 e. The van der Waals surface area contributed by atoms with E-state index in [1.54, 1.807) is 0 Å². The van der Waals surface area contributed by atoms with E-state index in [-0.39, 0.29) is 11.8 Å². The van der Waals surface area contributed by atoms with Gasteiger partial charge in [0.1, 0.15) is 0 Å². The van der Waals surface area contributed by atoms with E-state index in [2.05, 4.69) is 21.2 Å². The molecular weight excluding hydrogens is 278 g/mol. The molecule has 1 aromatic carbocycles. The second-order valence-corrected chi connectivity index (χ2v) is 6.19. The number of halogens is 1. The van der Waals surface area contributed by atoms with E-state index in [4.69, 9.17) is 0 Å². The maximum Gasteiger partial charge on any atom is 0.227 e. The number of hydrogen-bond acceptors (Lipinski definition) is 1. The third-order valence-corrected chi connectivity index (χ3v) is 4.72. The van der Waals surface area contributed by atoms with Crippen LogP contribution in [0, 0.1) is 17.8 Å². The number of benzene rings is 1. The molecule has 2 nitrogen and oxygen atoms in total. The first-order valence-corrected chi connectivity index (χ1v) is 7.08. The topological polar surface area (TPSA) is 29.1 Å². The summed E-state index contributed by atoms with van der Waals surface area (Å²) in [6, 6.07) is 7.79. The molecule has 0 aliphatic heterocycles. The van der Waals surface area contributed by atoms with Crippen LogP contribution in [-0.2, 0) is 4.79 Å². The fourth-order valence-corrected chi connectivity index (χ4v) is 3.60. The number of fused-ring (bicyclic) bond motifs is 2. The zero-order valence-corrected chi connectivity index (χ0v) is 11.2. The highest BCUT2D eigenvalue weighted by atomic mass is 79.9. The average Bonchev–Trinajstić information content (AvgIpc) is 2.94. The Morgan fingerprint density at radius 2 is 1.94 bits per heavy atom. The van der Waals surface area contributed by atoms with Gasteiger partial charge in [0.25, 0.3) is 0 Å². The summed E-state index contributed by atoms with van der Waals surface area (Å²) in [5.41, 5.74) is 0.904. The van der Waals surface area contributed by atoms with E-state index in [9.17, 15) is 4.79 Å². The highest BCUT2D eigenvalue weighted by molar-refractivity contribution is 9.10. The zero-order valence-electron chi connectivity index (χ0n) is 9.66. The molecule has 1 amide bonds. The molecule has 0 unspecified atom stereocenters. The van der Waals surface area contributed by atoms with Gasteiger partial charge in [-0.15, -0.1) is 0 Å². The van der Waals surface area contributed by atoms with Gasteiger partial charge < -0.3 is 5.32 Å². The summed E-state index contributed by atoms with van der Waals surface area (Å²) in [7, 11) is 0. The second kappa shape index (κ2) is 4.45. The Bertz CT molecular complexity index is 428. The summed E-state index contributed by atoms with van der Waals surface area (Å²) in [6.45, 7) is 0. The molecule has 17 heavy (non-hydrogen) atoms. The summed E-state index contributed by atoms with van der Waals surface area (Å²) >= 11 is 3.39. The van der Waals surface area contributed by atoms with Gasteiger partial charge in [-0.2, -0.15) is 0 Å². The van der Waals surface area contributed by atoms with Gasteiger partial charge in [-0.3, -0.25) is 4.79 Å². The van der Waals surface area contributed by atoms with Crippen LogP contribution in [0.5, 0.6) is 0 Å². The minimum atomic E-state index is 0.222. The van der Waals surface area contributed by atoms with Crippen LogP contribution in [0.3, 0.4) is 0 Å². The number of anilines is 1. The number of rotatable bonds is 2. The van der Waals surface area contributed by atoms with Gasteiger partial charge in [-0.25, -0.2) is 0 Å². The Labute approximate surface area is 110 Å². The lowest BCUT2D eigenvalue weighted by Gasteiger charge is -2.20. The predicted octanol–water partition coefficient (Wildman–Crippen LogP) is 3.82. The van der Waals surface area contributed by atoms with Crippen molar-refractivity contribution in [3.63, 3.8) is 0 Å². The first kappa shape index (κ1) is 11.3. The molecule has 0 aromatic heterocycles. The van der Waals surface area contributed by atoms with E-state index in [1.165, 1.54) is 19.3 Å². The van der Waals surface area contributed by atoms with Gasteiger partial charge in [0.15, 0.2) is 0 Å². The molecule has 0 saturated heterocycles. The molecule has 2 saturated carbocycles. The Balaban J connectivity index is 1.65. The Morgan fingerprint density at radius 1 is 1.18 bits per heavy atom. The van der Waals surface area contributed by atoms with Gasteiger partial charge >= 0.3 is 0 Å². The lowest BCUT2D eigenvalue weighted by molar-refractivity contribution is -0.121. The summed E-state index contributed by atoms with van der Waals surface area (Å²) in [4.78, 5) is 12.2. The van der Waals surface area contributed by atoms with Crippen LogP contribution in [0.4, 0.5) is 5.69 Å². The molecule has 2 aliphatic carbocycles. The number of nitrogens with one attached hydrogen (secondary N) is 1. The molecule has 90 valence electrons. The van der Waals surface area contributed by atoms with Crippen molar-refractivity contribution in [1.29, 1.82) is 0 Å². The zero-order chi connectivity index (χ0) is 11.8. The maximum atomic E-state index is 12.2. The molecule has 1 aromatic rings. The van der Waals surface area contributed by atoms with Gasteiger partial charge in [0.2, 0.25) is 5.91 Å². The molecule has 2 aliphatic rings. The summed E-state index contributed by atoms with van der Waals surface area (Å²) in [6.07, 6.45) is 4.97. The van der Waals surface area contributed by atoms with Crippen molar-refractivity contribution in [3.8, 4) is 0 Å². The van der Waals surface area contributed by atoms with Crippen molar-refractivity contribution in [3.05, 3.63) is 28.7 Å². The third-order valence-electron chi connectivity index (χ3n) is 4.19. The monoisotopic (exact) mass is 293 g/mol. The predicted molar refractivity (Wildman–Crippen MR) is 71.7 cm³/mol. The van der Waals surface area contributed by atoms with E-state index in [0.717, 1.165) is 22.5 Å². The molecule has 0 radical (unpaired) electrons. The molecular formula is C14H16BrNO. The van der Waals surface area contributed by atoms with E-state index in [0.29, 0.717) is 5.92 Å². The molecule has 2 fully saturated rings. The van der Waals surface area contributed by atoms with Gasteiger partial charge in [-0.1, -0.05) is 22.4 Å². The number of carbonyl (C=O) groups is 1. The van der Waals surface area contributed by atoms with Crippen molar-refractivity contribution in [1.82, 2.24) is 0 Å². The van der Waals surface area contributed by atoms with Gasteiger partial charge in [-0.05, 0) is 55.4 Å². The van der Waals surface area contributed by atoms with E-state index < -0.39 is 0 Å². The SMILES string of the molecule is O=C(Nc1ccc(Br)cc1)[C@H]1C[C@H]2CC[C@H]1C2. The van der Waals surface area contributed by atoms with Crippen LogP contribution in [-0.4, -0.2) is 5.91 Å². The van der Waals surface area contributed by atoms with Crippen LogP contribution in [0.1, 0.15) is 25.7 Å². The van der Waals surface area contributed by atoms with Gasteiger partial charge in [0.05, 0.1) is 0 Å². The Hall–Kier alpha value is -0.830. The van der Waals surface area contributed by atoms with Crippen LogP contribution in [0.15, 0.2) is 28.7 Å². The Kier molecular flexibility index (Phi) is 2.95. The number of amides is 1. The van der Waals surface area contributed by atoms with Gasteiger partial charge in [0, 0.05) is 16.1 Å². The van der Waals surface area contributed by atoms with Crippen molar-refractivity contribution in [2.24, 2.45) is 17.8 Å². The first-order chi connectivity index (χ1) is 8.22. The lowest BCUT2D eigenvalue weighted by Crippen LogP contribution is -2.27. The number of carbonyl (C=O) groups excluding carboxylic acids is 1. The van der Waals surface area contributed by atoms with E-state index in [1.807, 2.05) is 24.3 Å². The smallest absolute Gasteiger partial charge is 0.227 e. The first-order valence-electron chi connectivity index (χ1n) is 6.29. The van der Waals surface area contributed by atoms with Crippen LogP contribution in [0.25, 0.3) is 0 Å².